The van der Waals surface area contributed by atoms with Gasteiger partial charge in [0.15, 0.2) is 0 Å². The van der Waals surface area contributed by atoms with Gasteiger partial charge in [-0.2, -0.15) is 4.39 Å². The van der Waals surface area contributed by atoms with E-state index in [4.69, 9.17) is 4.74 Å². The van der Waals surface area contributed by atoms with Gasteiger partial charge in [-0.05, 0) is 24.5 Å². The molecule has 1 saturated heterocycles. The lowest BCUT2D eigenvalue weighted by Gasteiger charge is -2.14. The van der Waals surface area contributed by atoms with Crippen molar-refractivity contribution in [1.29, 1.82) is 0 Å². The molecule has 2 heterocycles. The second-order valence-corrected chi connectivity index (χ2v) is 3.92. The second-order valence-electron chi connectivity index (χ2n) is 3.92. The molecular weight excluding hydrogens is 211 g/mol. The van der Waals surface area contributed by atoms with Crippen molar-refractivity contribution in [3.05, 3.63) is 24.3 Å². The van der Waals surface area contributed by atoms with Crippen LogP contribution in [-0.4, -0.2) is 23.6 Å². The molecule has 0 bridgehead atoms. The molecule has 1 aromatic rings. The molecule has 0 aliphatic carbocycles. The molecular formula is C11H13FN2O2. The van der Waals surface area contributed by atoms with Gasteiger partial charge in [-0.1, -0.05) is 6.92 Å². The summed E-state index contributed by atoms with van der Waals surface area (Å²) in [5.41, 5.74) is 0.481. The molecule has 4 nitrogen and oxygen atoms in total. The molecule has 2 unspecified atom stereocenters. The molecule has 2 rings (SSSR count). The zero-order valence-corrected chi connectivity index (χ0v) is 8.94. The summed E-state index contributed by atoms with van der Waals surface area (Å²) in [5.74, 6) is -0.546. The topological polar surface area (TPSA) is 51.2 Å². The lowest BCUT2D eigenvalue weighted by Crippen LogP contribution is -2.31. The maximum absolute atomic E-state index is 12.5. The minimum Gasteiger partial charge on any atom is -0.368 e. The number of hydrogen-bond donors (Lipinski definition) is 1. The standard InChI is InChI=1S/C11H13FN2O2/c1-7-4-5-16-10(7)11(15)14-8-2-3-9(12)13-6-8/h2-3,6-7,10H,4-5H2,1H3,(H,14,15). The fraction of sp³-hybridized carbons (Fsp3) is 0.455. The summed E-state index contributed by atoms with van der Waals surface area (Å²) in [7, 11) is 0. The van der Waals surface area contributed by atoms with E-state index in [1.807, 2.05) is 6.92 Å². The molecule has 1 aliphatic rings. The zero-order chi connectivity index (χ0) is 11.5. The largest absolute Gasteiger partial charge is 0.368 e. The summed E-state index contributed by atoms with van der Waals surface area (Å²) in [4.78, 5) is 15.2. The summed E-state index contributed by atoms with van der Waals surface area (Å²) in [6, 6.07) is 2.67. The first-order chi connectivity index (χ1) is 7.66. The number of anilines is 1. The first kappa shape index (κ1) is 11.0. The molecule has 1 N–H and O–H groups in total. The van der Waals surface area contributed by atoms with E-state index < -0.39 is 12.1 Å². The molecule has 1 fully saturated rings. The van der Waals surface area contributed by atoms with Crippen molar-refractivity contribution < 1.29 is 13.9 Å². The predicted octanol–water partition coefficient (Wildman–Crippen LogP) is 1.58. The smallest absolute Gasteiger partial charge is 0.253 e. The number of rotatable bonds is 2. The zero-order valence-electron chi connectivity index (χ0n) is 8.94. The maximum Gasteiger partial charge on any atom is 0.253 e. The lowest BCUT2D eigenvalue weighted by molar-refractivity contribution is -0.126. The number of carbonyl (C=O) groups excluding carboxylic acids is 1. The normalized spacial score (nSPS) is 24.4. The van der Waals surface area contributed by atoms with Gasteiger partial charge in [0.2, 0.25) is 5.95 Å². The summed E-state index contributed by atoms with van der Waals surface area (Å²) in [6.07, 6.45) is 1.76. The first-order valence-electron chi connectivity index (χ1n) is 5.21. The monoisotopic (exact) mass is 224 g/mol. The van der Waals surface area contributed by atoms with Crippen LogP contribution in [0.4, 0.5) is 10.1 Å². The number of hydrogen-bond acceptors (Lipinski definition) is 3. The summed E-state index contributed by atoms with van der Waals surface area (Å²) >= 11 is 0. The van der Waals surface area contributed by atoms with E-state index in [0.717, 1.165) is 6.42 Å². The number of amides is 1. The van der Waals surface area contributed by atoms with Crippen LogP contribution in [0, 0.1) is 11.9 Å². The number of aromatic nitrogens is 1. The Hall–Kier alpha value is -1.49. The van der Waals surface area contributed by atoms with Crippen molar-refractivity contribution in [3.8, 4) is 0 Å². The summed E-state index contributed by atoms with van der Waals surface area (Å²) in [5, 5.41) is 2.65. The van der Waals surface area contributed by atoms with Crippen LogP contribution >= 0.6 is 0 Å². The molecule has 2 atom stereocenters. The van der Waals surface area contributed by atoms with Gasteiger partial charge in [-0.15, -0.1) is 0 Å². The Morgan fingerprint density at radius 2 is 2.44 bits per heavy atom. The molecule has 0 spiro atoms. The molecule has 0 saturated carbocycles. The predicted molar refractivity (Wildman–Crippen MR) is 56.3 cm³/mol. The van der Waals surface area contributed by atoms with Gasteiger partial charge in [0.05, 0.1) is 11.9 Å². The van der Waals surface area contributed by atoms with E-state index in [0.29, 0.717) is 12.3 Å². The molecule has 1 aromatic heterocycles. The van der Waals surface area contributed by atoms with E-state index in [1.165, 1.54) is 18.3 Å². The lowest BCUT2D eigenvalue weighted by atomic mass is 10.0. The van der Waals surface area contributed by atoms with E-state index in [2.05, 4.69) is 10.3 Å². The number of nitrogens with zero attached hydrogens (tertiary/aromatic N) is 1. The number of nitrogens with one attached hydrogen (secondary N) is 1. The van der Waals surface area contributed by atoms with E-state index in [-0.39, 0.29) is 11.8 Å². The van der Waals surface area contributed by atoms with Crippen LogP contribution in [0.2, 0.25) is 0 Å². The van der Waals surface area contributed by atoms with Crippen LogP contribution in [0.25, 0.3) is 0 Å². The average Bonchev–Trinajstić information content (AvgIpc) is 2.68. The first-order valence-corrected chi connectivity index (χ1v) is 5.21. The van der Waals surface area contributed by atoms with Crippen LogP contribution in [0.5, 0.6) is 0 Å². The third-order valence-corrected chi connectivity index (χ3v) is 2.64. The third-order valence-electron chi connectivity index (χ3n) is 2.64. The van der Waals surface area contributed by atoms with E-state index in [9.17, 15) is 9.18 Å². The van der Waals surface area contributed by atoms with Crippen molar-refractivity contribution in [2.75, 3.05) is 11.9 Å². The SMILES string of the molecule is CC1CCOC1C(=O)Nc1ccc(F)nc1. The van der Waals surface area contributed by atoms with Gasteiger partial charge in [0.25, 0.3) is 5.91 Å². The average molecular weight is 224 g/mol. The van der Waals surface area contributed by atoms with E-state index in [1.54, 1.807) is 0 Å². The Kier molecular flexibility index (Phi) is 3.14. The molecule has 16 heavy (non-hydrogen) atoms. The Labute approximate surface area is 92.8 Å². The summed E-state index contributed by atoms with van der Waals surface area (Å²) < 4.78 is 17.9. The van der Waals surface area contributed by atoms with E-state index >= 15 is 0 Å². The Morgan fingerprint density at radius 1 is 1.62 bits per heavy atom. The maximum atomic E-state index is 12.5. The highest BCUT2D eigenvalue weighted by Crippen LogP contribution is 2.21. The van der Waals surface area contributed by atoms with Gasteiger partial charge in [0.1, 0.15) is 6.10 Å². The number of halogens is 1. The highest BCUT2D eigenvalue weighted by atomic mass is 19.1. The molecule has 0 aromatic carbocycles. The van der Waals surface area contributed by atoms with Crippen LogP contribution in [0.15, 0.2) is 18.3 Å². The van der Waals surface area contributed by atoms with Gasteiger partial charge in [-0.3, -0.25) is 4.79 Å². The fourth-order valence-electron chi connectivity index (χ4n) is 1.69. The van der Waals surface area contributed by atoms with Crippen LogP contribution in [0.3, 0.4) is 0 Å². The molecule has 5 heteroatoms. The van der Waals surface area contributed by atoms with Crippen LogP contribution < -0.4 is 5.32 Å². The fourth-order valence-corrected chi connectivity index (χ4v) is 1.69. The second kappa shape index (κ2) is 4.57. The molecule has 86 valence electrons. The summed E-state index contributed by atoms with van der Waals surface area (Å²) in [6.45, 7) is 2.58. The highest BCUT2D eigenvalue weighted by molar-refractivity contribution is 5.94. The van der Waals surface area contributed by atoms with Gasteiger partial charge < -0.3 is 10.1 Å². The molecule has 0 radical (unpaired) electrons. The minimum absolute atomic E-state index is 0.196. The van der Waals surface area contributed by atoms with Crippen LogP contribution in [0.1, 0.15) is 13.3 Å². The number of pyridine rings is 1. The van der Waals surface area contributed by atoms with Crippen molar-refractivity contribution in [3.63, 3.8) is 0 Å². The number of ether oxygens (including phenoxy) is 1. The number of carbonyl (C=O) groups is 1. The van der Waals surface area contributed by atoms with Gasteiger partial charge in [-0.25, -0.2) is 4.98 Å². The Balaban J connectivity index is 1.99. The molecule has 1 aliphatic heterocycles. The quantitative estimate of drug-likeness (QED) is 0.776. The Morgan fingerprint density at radius 3 is 3.00 bits per heavy atom. The highest BCUT2D eigenvalue weighted by Gasteiger charge is 2.30. The third kappa shape index (κ3) is 2.36. The Bertz CT molecular complexity index is 380. The van der Waals surface area contributed by atoms with Gasteiger partial charge >= 0.3 is 0 Å². The van der Waals surface area contributed by atoms with Crippen LogP contribution in [-0.2, 0) is 9.53 Å². The van der Waals surface area contributed by atoms with Crippen molar-refractivity contribution in [2.45, 2.75) is 19.4 Å². The van der Waals surface area contributed by atoms with Crippen molar-refractivity contribution in [1.82, 2.24) is 4.98 Å². The van der Waals surface area contributed by atoms with Gasteiger partial charge in [0, 0.05) is 6.61 Å². The van der Waals surface area contributed by atoms with Crippen molar-refractivity contribution >= 4 is 11.6 Å². The minimum atomic E-state index is -0.566. The van der Waals surface area contributed by atoms with Crippen molar-refractivity contribution in [2.24, 2.45) is 5.92 Å². The molecule has 1 amide bonds.